The highest BCUT2D eigenvalue weighted by atomic mass is 35.5. The Morgan fingerprint density at radius 2 is 1.88 bits per heavy atom. The molecular weight excluding hydrogens is 348 g/mol. The van der Waals surface area contributed by atoms with E-state index in [2.05, 4.69) is 20.6 Å². The summed E-state index contributed by atoms with van der Waals surface area (Å²) < 4.78 is 0. The Balaban J connectivity index is 1.63. The molecule has 5 nitrogen and oxygen atoms in total. The average molecular weight is 367 g/mol. The largest absolute Gasteiger partial charge is 0.347 e. The summed E-state index contributed by atoms with van der Waals surface area (Å²) in [5.74, 6) is 0.287. The number of amides is 1. The van der Waals surface area contributed by atoms with Gasteiger partial charge in [0, 0.05) is 17.3 Å². The standard InChI is InChI=1S/C20H19ClN4O/c1-13-5-3-6-15(9-13)10-24-20(26)18-11-23-19(12-22-18)25-17-8-4-7-16(21)14(17)2/h3-9,11-12H,10H2,1-2H3,(H,23,25)(H,24,26). The fourth-order valence-electron chi connectivity index (χ4n) is 2.49. The predicted octanol–water partition coefficient (Wildman–Crippen LogP) is 4.42. The van der Waals surface area contributed by atoms with E-state index in [-0.39, 0.29) is 11.6 Å². The minimum atomic E-state index is -0.260. The normalized spacial score (nSPS) is 10.4. The summed E-state index contributed by atoms with van der Waals surface area (Å²) in [4.78, 5) is 20.7. The molecular formula is C20H19ClN4O. The summed E-state index contributed by atoms with van der Waals surface area (Å²) in [6.45, 7) is 4.39. The number of halogens is 1. The first-order valence-corrected chi connectivity index (χ1v) is 8.58. The molecule has 3 aromatic rings. The smallest absolute Gasteiger partial charge is 0.271 e. The molecule has 6 heteroatoms. The minimum Gasteiger partial charge on any atom is -0.347 e. The van der Waals surface area contributed by atoms with Gasteiger partial charge in [-0.15, -0.1) is 0 Å². The van der Waals surface area contributed by atoms with E-state index >= 15 is 0 Å². The number of nitrogens with one attached hydrogen (secondary N) is 2. The van der Waals surface area contributed by atoms with Gasteiger partial charge in [-0.2, -0.15) is 0 Å². The fraction of sp³-hybridized carbons (Fsp3) is 0.150. The van der Waals surface area contributed by atoms with Crippen molar-refractivity contribution in [2.75, 3.05) is 5.32 Å². The number of nitrogens with zero attached hydrogens (tertiary/aromatic N) is 2. The highest BCUT2D eigenvalue weighted by molar-refractivity contribution is 6.31. The molecule has 0 bridgehead atoms. The molecule has 0 aliphatic rings. The van der Waals surface area contributed by atoms with Crippen LogP contribution in [-0.4, -0.2) is 15.9 Å². The SMILES string of the molecule is Cc1cccc(CNC(=O)c2cnc(Nc3cccc(Cl)c3C)cn2)c1. The van der Waals surface area contributed by atoms with Crippen molar-refractivity contribution >= 4 is 29.0 Å². The van der Waals surface area contributed by atoms with E-state index < -0.39 is 0 Å². The van der Waals surface area contributed by atoms with Crippen molar-refractivity contribution in [3.05, 3.63) is 82.3 Å². The third kappa shape index (κ3) is 4.37. The molecule has 1 amide bonds. The maximum Gasteiger partial charge on any atom is 0.271 e. The molecule has 0 aliphatic heterocycles. The quantitative estimate of drug-likeness (QED) is 0.701. The highest BCUT2D eigenvalue weighted by Crippen LogP contribution is 2.25. The first-order chi connectivity index (χ1) is 12.5. The summed E-state index contributed by atoms with van der Waals surface area (Å²) in [5, 5.41) is 6.68. The molecule has 1 heterocycles. The Morgan fingerprint density at radius 1 is 1.08 bits per heavy atom. The zero-order valence-corrected chi connectivity index (χ0v) is 15.3. The molecule has 0 aliphatic carbocycles. The van der Waals surface area contributed by atoms with Crippen LogP contribution < -0.4 is 10.6 Å². The van der Waals surface area contributed by atoms with Crippen molar-refractivity contribution in [2.45, 2.75) is 20.4 Å². The summed E-state index contributed by atoms with van der Waals surface area (Å²) in [7, 11) is 0. The van der Waals surface area contributed by atoms with Crippen molar-refractivity contribution in [3.8, 4) is 0 Å². The van der Waals surface area contributed by atoms with E-state index in [1.165, 1.54) is 12.4 Å². The third-order valence-electron chi connectivity index (χ3n) is 3.95. The molecule has 0 unspecified atom stereocenters. The van der Waals surface area contributed by atoms with Gasteiger partial charge >= 0.3 is 0 Å². The van der Waals surface area contributed by atoms with Crippen LogP contribution in [-0.2, 0) is 6.54 Å². The Morgan fingerprint density at radius 3 is 2.62 bits per heavy atom. The molecule has 1 aromatic heterocycles. The maximum atomic E-state index is 12.2. The van der Waals surface area contributed by atoms with E-state index in [1.807, 2.05) is 56.3 Å². The minimum absolute atomic E-state index is 0.260. The van der Waals surface area contributed by atoms with Crippen LogP contribution in [0.3, 0.4) is 0 Å². The lowest BCUT2D eigenvalue weighted by Crippen LogP contribution is -2.24. The van der Waals surface area contributed by atoms with E-state index in [4.69, 9.17) is 11.6 Å². The molecule has 3 rings (SSSR count). The van der Waals surface area contributed by atoms with Gasteiger partial charge in [-0.1, -0.05) is 47.5 Å². The van der Waals surface area contributed by atoms with Gasteiger partial charge in [-0.3, -0.25) is 4.79 Å². The second-order valence-electron chi connectivity index (χ2n) is 6.00. The summed E-state index contributed by atoms with van der Waals surface area (Å²) >= 11 is 6.11. The first kappa shape index (κ1) is 17.9. The van der Waals surface area contributed by atoms with E-state index in [0.717, 1.165) is 22.4 Å². The van der Waals surface area contributed by atoms with Crippen molar-refractivity contribution in [3.63, 3.8) is 0 Å². The second kappa shape index (κ2) is 7.97. The van der Waals surface area contributed by atoms with Gasteiger partial charge in [0.15, 0.2) is 0 Å². The summed E-state index contributed by atoms with van der Waals surface area (Å²) in [6, 6.07) is 13.6. The van der Waals surface area contributed by atoms with Crippen LogP contribution in [0.15, 0.2) is 54.9 Å². The van der Waals surface area contributed by atoms with E-state index in [1.54, 1.807) is 0 Å². The lowest BCUT2D eigenvalue weighted by atomic mass is 10.1. The van der Waals surface area contributed by atoms with Crippen LogP contribution in [0.2, 0.25) is 5.02 Å². The van der Waals surface area contributed by atoms with Gasteiger partial charge in [-0.05, 0) is 37.1 Å². The Bertz CT molecular complexity index is 925. The van der Waals surface area contributed by atoms with Gasteiger partial charge in [0.2, 0.25) is 0 Å². The lowest BCUT2D eigenvalue weighted by Gasteiger charge is -2.10. The number of carbonyl (C=O) groups is 1. The molecule has 0 fully saturated rings. The van der Waals surface area contributed by atoms with Gasteiger partial charge in [0.25, 0.3) is 5.91 Å². The zero-order chi connectivity index (χ0) is 18.5. The number of aryl methyl sites for hydroxylation is 1. The molecule has 0 radical (unpaired) electrons. The van der Waals surface area contributed by atoms with Crippen LogP contribution in [0.4, 0.5) is 11.5 Å². The third-order valence-corrected chi connectivity index (χ3v) is 4.36. The molecule has 132 valence electrons. The van der Waals surface area contributed by atoms with E-state index in [9.17, 15) is 4.79 Å². The summed E-state index contributed by atoms with van der Waals surface area (Å²) in [5.41, 5.74) is 4.25. The van der Waals surface area contributed by atoms with Crippen LogP contribution >= 0.6 is 11.6 Å². The Hall–Kier alpha value is -2.92. The molecule has 2 N–H and O–H groups in total. The summed E-state index contributed by atoms with van der Waals surface area (Å²) in [6.07, 6.45) is 2.98. The van der Waals surface area contributed by atoms with Crippen molar-refractivity contribution < 1.29 is 4.79 Å². The molecule has 0 saturated carbocycles. The Labute approximate surface area is 157 Å². The first-order valence-electron chi connectivity index (χ1n) is 8.21. The highest BCUT2D eigenvalue weighted by Gasteiger charge is 2.09. The monoisotopic (exact) mass is 366 g/mol. The number of aromatic nitrogens is 2. The molecule has 2 aromatic carbocycles. The number of hydrogen-bond donors (Lipinski definition) is 2. The van der Waals surface area contributed by atoms with Crippen LogP contribution in [0.5, 0.6) is 0 Å². The number of anilines is 2. The molecule has 0 spiro atoms. The topological polar surface area (TPSA) is 66.9 Å². The van der Waals surface area contributed by atoms with Crippen molar-refractivity contribution in [2.24, 2.45) is 0 Å². The predicted molar refractivity (Wildman–Crippen MR) is 104 cm³/mol. The molecule has 26 heavy (non-hydrogen) atoms. The number of carbonyl (C=O) groups excluding carboxylic acids is 1. The van der Waals surface area contributed by atoms with Crippen molar-refractivity contribution in [1.82, 2.24) is 15.3 Å². The number of hydrogen-bond acceptors (Lipinski definition) is 4. The van der Waals surface area contributed by atoms with Crippen LogP contribution in [0.1, 0.15) is 27.2 Å². The van der Waals surface area contributed by atoms with Gasteiger partial charge < -0.3 is 10.6 Å². The van der Waals surface area contributed by atoms with Crippen LogP contribution in [0, 0.1) is 13.8 Å². The fourth-order valence-corrected chi connectivity index (χ4v) is 2.66. The Kier molecular flexibility index (Phi) is 5.49. The van der Waals surface area contributed by atoms with Gasteiger partial charge in [-0.25, -0.2) is 9.97 Å². The zero-order valence-electron chi connectivity index (χ0n) is 14.6. The maximum absolute atomic E-state index is 12.2. The van der Waals surface area contributed by atoms with Gasteiger partial charge in [0.1, 0.15) is 11.5 Å². The number of rotatable bonds is 5. The second-order valence-corrected chi connectivity index (χ2v) is 6.40. The lowest BCUT2D eigenvalue weighted by molar-refractivity contribution is 0.0945. The molecule has 0 atom stereocenters. The van der Waals surface area contributed by atoms with E-state index in [0.29, 0.717) is 17.4 Å². The van der Waals surface area contributed by atoms with Gasteiger partial charge in [0.05, 0.1) is 12.4 Å². The average Bonchev–Trinajstić information content (AvgIpc) is 2.64. The van der Waals surface area contributed by atoms with Crippen molar-refractivity contribution in [1.29, 1.82) is 0 Å². The van der Waals surface area contributed by atoms with Crippen LogP contribution in [0.25, 0.3) is 0 Å². The number of benzene rings is 2. The molecule has 0 saturated heterocycles.